The highest BCUT2D eigenvalue weighted by atomic mass is 35.5. The quantitative estimate of drug-likeness (QED) is 0.574. The van der Waals surface area contributed by atoms with Crippen molar-refractivity contribution in [2.75, 3.05) is 18.1 Å². The van der Waals surface area contributed by atoms with Crippen LogP contribution in [0.3, 0.4) is 0 Å². The van der Waals surface area contributed by atoms with E-state index in [1.807, 2.05) is 0 Å². The first-order chi connectivity index (χ1) is 8.85. The molecule has 0 bridgehead atoms. The lowest BCUT2D eigenvalue weighted by atomic mass is 10.1. The summed E-state index contributed by atoms with van der Waals surface area (Å²) in [7, 11) is -2.96. The molecule has 0 fully saturated rings. The van der Waals surface area contributed by atoms with Crippen molar-refractivity contribution in [2.45, 2.75) is 20.3 Å². The zero-order valence-corrected chi connectivity index (χ0v) is 12.6. The Bertz CT molecular complexity index is 552. The normalized spacial score (nSPS) is 11.3. The summed E-state index contributed by atoms with van der Waals surface area (Å²) in [5.74, 6) is 0.635. The molecule has 0 aromatic heterocycles. The van der Waals surface area contributed by atoms with Crippen molar-refractivity contribution in [3.05, 3.63) is 28.8 Å². The minimum atomic E-state index is -2.96. The zero-order valence-electron chi connectivity index (χ0n) is 11.0. The summed E-state index contributed by atoms with van der Waals surface area (Å²) >= 11 is 5.97. The van der Waals surface area contributed by atoms with Crippen LogP contribution in [0.5, 0.6) is 5.75 Å². The minimum Gasteiger partial charge on any atom is -0.492 e. The Labute approximate surface area is 118 Å². The molecule has 1 aromatic rings. The molecule has 4 nitrogen and oxygen atoms in total. The van der Waals surface area contributed by atoms with Crippen molar-refractivity contribution in [1.29, 1.82) is 0 Å². The van der Waals surface area contributed by atoms with E-state index in [1.54, 1.807) is 25.1 Å². The van der Waals surface area contributed by atoms with Crippen LogP contribution in [0.4, 0.5) is 0 Å². The maximum Gasteiger partial charge on any atom is 0.159 e. The number of rotatable bonds is 7. The molecule has 6 heteroatoms. The van der Waals surface area contributed by atoms with Gasteiger partial charge in [-0.2, -0.15) is 0 Å². The van der Waals surface area contributed by atoms with Gasteiger partial charge in [0.2, 0.25) is 0 Å². The van der Waals surface area contributed by atoms with Crippen molar-refractivity contribution >= 4 is 27.2 Å². The highest BCUT2D eigenvalue weighted by Gasteiger charge is 2.08. The molecule has 0 saturated heterocycles. The number of carbonyl (C=O) groups is 1. The van der Waals surface area contributed by atoms with Gasteiger partial charge in [0, 0.05) is 11.3 Å². The minimum absolute atomic E-state index is 0.0671. The lowest BCUT2D eigenvalue weighted by Crippen LogP contribution is -2.12. The molecule has 1 aromatic carbocycles. The maximum absolute atomic E-state index is 11.3. The van der Waals surface area contributed by atoms with E-state index in [0.29, 0.717) is 22.8 Å². The van der Waals surface area contributed by atoms with Gasteiger partial charge in [0.25, 0.3) is 0 Å². The molecule has 0 saturated carbocycles. The molecule has 1 rings (SSSR count). The molecule has 19 heavy (non-hydrogen) atoms. The standard InChI is InChI=1S/C13H17ClO4S/c1-3-19(16,17)8-4-7-18-13-6-5-11(10(2)15)9-12(13)14/h5-6,9H,3-4,7-8H2,1-2H3. The van der Waals surface area contributed by atoms with Gasteiger partial charge in [-0.15, -0.1) is 0 Å². The van der Waals surface area contributed by atoms with Crippen LogP contribution in [-0.2, 0) is 9.84 Å². The molecule has 0 N–H and O–H groups in total. The first-order valence-electron chi connectivity index (χ1n) is 5.99. The van der Waals surface area contributed by atoms with Gasteiger partial charge in [0.05, 0.1) is 17.4 Å². The van der Waals surface area contributed by atoms with Gasteiger partial charge in [-0.05, 0) is 31.5 Å². The van der Waals surface area contributed by atoms with Crippen LogP contribution in [-0.4, -0.2) is 32.3 Å². The summed E-state index contributed by atoms with van der Waals surface area (Å²) in [6.07, 6.45) is 0.418. The molecule has 0 aliphatic carbocycles. The monoisotopic (exact) mass is 304 g/mol. The number of Topliss-reactive ketones (excluding diaryl/α,β-unsaturated/α-hetero) is 1. The Morgan fingerprint density at radius 3 is 2.58 bits per heavy atom. The number of halogens is 1. The first kappa shape index (κ1) is 16.0. The van der Waals surface area contributed by atoms with Crippen molar-refractivity contribution < 1.29 is 17.9 Å². The molecule has 0 spiro atoms. The topological polar surface area (TPSA) is 60.4 Å². The Morgan fingerprint density at radius 2 is 2.05 bits per heavy atom. The fraction of sp³-hybridized carbons (Fsp3) is 0.462. The largest absolute Gasteiger partial charge is 0.492 e. The van der Waals surface area contributed by atoms with Gasteiger partial charge >= 0.3 is 0 Å². The lowest BCUT2D eigenvalue weighted by Gasteiger charge is -2.08. The highest BCUT2D eigenvalue weighted by Crippen LogP contribution is 2.25. The average Bonchev–Trinajstić information content (AvgIpc) is 2.36. The third-order valence-electron chi connectivity index (χ3n) is 2.64. The van der Waals surface area contributed by atoms with E-state index in [2.05, 4.69) is 0 Å². The number of hydrogen-bond acceptors (Lipinski definition) is 4. The molecule has 0 radical (unpaired) electrons. The number of ether oxygens (including phenoxy) is 1. The number of hydrogen-bond donors (Lipinski definition) is 0. The van der Waals surface area contributed by atoms with Crippen LogP contribution >= 0.6 is 11.6 Å². The Hall–Kier alpha value is -1.07. The van der Waals surface area contributed by atoms with Crippen LogP contribution in [0, 0.1) is 0 Å². The van der Waals surface area contributed by atoms with Crippen LogP contribution in [0.25, 0.3) is 0 Å². The maximum atomic E-state index is 11.3. The average molecular weight is 305 g/mol. The van der Waals surface area contributed by atoms with Crippen molar-refractivity contribution in [3.63, 3.8) is 0 Å². The number of ketones is 1. The van der Waals surface area contributed by atoms with Crippen LogP contribution < -0.4 is 4.74 Å². The molecule has 0 aliphatic rings. The fourth-order valence-corrected chi connectivity index (χ4v) is 2.52. The van der Waals surface area contributed by atoms with Crippen LogP contribution in [0.2, 0.25) is 5.02 Å². The smallest absolute Gasteiger partial charge is 0.159 e. The summed E-state index contributed by atoms with van der Waals surface area (Å²) in [5, 5.41) is 0.353. The second kappa shape index (κ2) is 6.91. The Morgan fingerprint density at radius 1 is 1.37 bits per heavy atom. The molecular weight excluding hydrogens is 288 g/mol. The van der Waals surface area contributed by atoms with E-state index in [1.165, 1.54) is 6.92 Å². The van der Waals surface area contributed by atoms with E-state index in [-0.39, 0.29) is 23.9 Å². The summed E-state index contributed by atoms with van der Waals surface area (Å²) < 4.78 is 28.0. The SMILES string of the molecule is CCS(=O)(=O)CCCOc1ccc(C(C)=O)cc1Cl. The van der Waals surface area contributed by atoms with Gasteiger partial charge in [-0.1, -0.05) is 18.5 Å². The van der Waals surface area contributed by atoms with Gasteiger partial charge in [0.15, 0.2) is 5.78 Å². The summed E-state index contributed by atoms with van der Waals surface area (Å²) in [4.78, 5) is 11.1. The van der Waals surface area contributed by atoms with Gasteiger partial charge in [-0.25, -0.2) is 8.42 Å². The predicted octanol–water partition coefficient (Wildman–Crippen LogP) is 2.75. The van der Waals surface area contributed by atoms with Gasteiger partial charge in [-0.3, -0.25) is 4.79 Å². The van der Waals surface area contributed by atoms with Crippen molar-refractivity contribution in [2.24, 2.45) is 0 Å². The first-order valence-corrected chi connectivity index (χ1v) is 8.19. The van der Waals surface area contributed by atoms with Crippen LogP contribution in [0.1, 0.15) is 30.6 Å². The van der Waals surface area contributed by atoms with E-state index >= 15 is 0 Å². The third-order valence-corrected chi connectivity index (χ3v) is 4.72. The van der Waals surface area contributed by atoms with Crippen molar-refractivity contribution in [1.82, 2.24) is 0 Å². The zero-order chi connectivity index (χ0) is 14.5. The second-order valence-electron chi connectivity index (χ2n) is 4.14. The Balaban J connectivity index is 2.53. The molecule has 0 unspecified atom stereocenters. The number of benzene rings is 1. The second-order valence-corrected chi connectivity index (χ2v) is 7.02. The Kier molecular flexibility index (Phi) is 5.82. The number of carbonyl (C=O) groups excluding carboxylic acids is 1. The van der Waals surface area contributed by atoms with Gasteiger partial charge < -0.3 is 4.74 Å². The molecule has 0 amide bonds. The molecule has 0 aliphatic heterocycles. The van der Waals surface area contributed by atoms with E-state index in [4.69, 9.17) is 16.3 Å². The summed E-state index contributed by atoms with van der Waals surface area (Å²) in [5.41, 5.74) is 0.519. The molecule has 0 heterocycles. The third kappa shape index (κ3) is 5.20. The highest BCUT2D eigenvalue weighted by molar-refractivity contribution is 7.91. The van der Waals surface area contributed by atoms with E-state index < -0.39 is 9.84 Å². The van der Waals surface area contributed by atoms with E-state index in [9.17, 15) is 13.2 Å². The molecule has 0 atom stereocenters. The number of sulfone groups is 1. The fourth-order valence-electron chi connectivity index (χ4n) is 1.44. The lowest BCUT2D eigenvalue weighted by molar-refractivity contribution is 0.101. The molecule has 106 valence electrons. The van der Waals surface area contributed by atoms with Gasteiger partial charge in [0.1, 0.15) is 15.6 Å². The molecular formula is C13H17ClO4S. The predicted molar refractivity (Wildman–Crippen MR) is 75.9 cm³/mol. The summed E-state index contributed by atoms with van der Waals surface area (Å²) in [6.45, 7) is 3.35. The summed E-state index contributed by atoms with van der Waals surface area (Å²) in [6, 6.07) is 4.79. The van der Waals surface area contributed by atoms with E-state index in [0.717, 1.165) is 0 Å². The van der Waals surface area contributed by atoms with Crippen molar-refractivity contribution in [3.8, 4) is 5.75 Å². The van der Waals surface area contributed by atoms with Crippen LogP contribution in [0.15, 0.2) is 18.2 Å².